The van der Waals surface area contributed by atoms with Crippen LogP contribution in [0, 0.1) is 11.8 Å². The minimum atomic E-state index is -3.32. The number of hydrogen-bond acceptors (Lipinski definition) is 0. The second-order valence-electron chi connectivity index (χ2n) is 20.0. The molecule has 0 amide bonds. The first-order valence-electron chi connectivity index (χ1n) is 23.4. The standard InChI is InChI=1S/2C27H23.C6H10.2ClH.Zr/c2*1-18(2)14-19-15-20-10-7-13-25(26(20)16-19)27-23-11-5-3-8-21(23)17-22-9-4-6-12-24(22)27;1-2-4-6-5-3-1;;;/h2*3-13,15-18H,14H2,1-2H3;1-2H,3-6H2;2*1H;/q;;;;;+2/p-2. The summed E-state index contributed by atoms with van der Waals surface area (Å²) in [6.07, 6.45) is 13.7. The maximum absolute atomic E-state index is 3.32. The van der Waals surface area contributed by atoms with Crippen LogP contribution in [0.25, 0.3) is 77.5 Å². The summed E-state index contributed by atoms with van der Waals surface area (Å²) >= 11 is -3.32. The third kappa shape index (κ3) is 6.61. The number of rotatable bonds is 8. The van der Waals surface area contributed by atoms with Gasteiger partial charge in [0.25, 0.3) is 0 Å². The zero-order chi connectivity index (χ0) is 41.0. The Labute approximate surface area is 391 Å². The summed E-state index contributed by atoms with van der Waals surface area (Å²) < 4.78 is 3.08. The van der Waals surface area contributed by atoms with Crippen molar-refractivity contribution in [1.29, 1.82) is 0 Å². The molecule has 0 spiro atoms. The van der Waals surface area contributed by atoms with Gasteiger partial charge in [0, 0.05) is 0 Å². The molecule has 0 radical (unpaired) electrons. The van der Waals surface area contributed by atoms with Crippen LogP contribution in [0.5, 0.6) is 0 Å². The molecule has 4 atom stereocenters. The van der Waals surface area contributed by atoms with Crippen LogP contribution < -0.4 is 24.8 Å². The van der Waals surface area contributed by atoms with E-state index in [2.05, 4.69) is 185 Å². The van der Waals surface area contributed by atoms with Gasteiger partial charge >= 0.3 is 369 Å². The third-order valence-corrected chi connectivity index (χ3v) is 32.6. The first-order chi connectivity index (χ1) is 29.9. The molecule has 1 saturated carbocycles. The predicted octanol–water partition coefficient (Wildman–Crippen LogP) is 11.6. The molecule has 0 aromatic heterocycles. The molecule has 12 rings (SSSR count). The van der Waals surface area contributed by atoms with Crippen LogP contribution in [0.3, 0.4) is 0 Å². The summed E-state index contributed by atoms with van der Waals surface area (Å²) in [5, 5.41) is 10.8. The Morgan fingerprint density at radius 3 is 1.14 bits per heavy atom. The molecule has 8 aromatic carbocycles. The summed E-state index contributed by atoms with van der Waals surface area (Å²) in [5.74, 6) is 1.23. The molecule has 4 aliphatic rings. The molecular formula is C60H56Cl2Zr. The van der Waals surface area contributed by atoms with E-state index in [1.54, 1.807) is 22.3 Å². The summed E-state index contributed by atoms with van der Waals surface area (Å²) in [7, 11) is 0. The molecule has 1 saturated heterocycles. The van der Waals surface area contributed by atoms with Crippen LogP contribution in [0.1, 0.15) is 95.7 Å². The van der Waals surface area contributed by atoms with Crippen molar-refractivity contribution in [2.24, 2.45) is 11.8 Å². The molecule has 63 heavy (non-hydrogen) atoms. The third-order valence-electron chi connectivity index (χ3n) is 15.6. The molecule has 0 nitrogen and oxygen atoms in total. The van der Waals surface area contributed by atoms with Gasteiger partial charge in [-0.25, -0.2) is 0 Å². The topological polar surface area (TPSA) is 0 Å². The molecule has 0 N–H and O–H groups in total. The Hall–Kier alpha value is -4.26. The van der Waals surface area contributed by atoms with E-state index in [0.29, 0.717) is 19.1 Å². The molecule has 8 aromatic rings. The molecule has 0 bridgehead atoms. The van der Waals surface area contributed by atoms with E-state index in [9.17, 15) is 0 Å². The molecule has 2 fully saturated rings. The maximum Gasteiger partial charge on any atom is -1.00 e. The van der Waals surface area contributed by atoms with Crippen molar-refractivity contribution in [3.63, 3.8) is 0 Å². The number of fused-ring (bicyclic) bond motifs is 7. The molecule has 4 unspecified atom stereocenters. The van der Waals surface area contributed by atoms with E-state index in [0.717, 1.165) is 7.25 Å². The minimum Gasteiger partial charge on any atom is -1.00 e. The van der Waals surface area contributed by atoms with Gasteiger partial charge in [0.2, 0.25) is 0 Å². The quantitative estimate of drug-likeness (QED) is 0.133. The van der Waals surface area contributed by atoms with Crippen LogP contribution in [0.15, 0.2) is 157 Å². The summed E-state index contributed by atoms with van der Waals surface area (Å²) in [6.45, 7) is 9.88. The molecule has 3 aliphatic carbocycles. The zero-order valence-corrected chi connectivity index (χ0v) is 40.9. The van der Waals surface area contributed by atoms with Gasteiger partial charge in [0.1, 0.15) is 0 Å². The van der Waals surface area contributed by atoms with E-state index < -0.39 is 20.3 Å². The fourth-order valence-corrected chi connectivity index (χ4v) is 36.7. The SMILES string of the molecule is CC(C)CC1=Cc2c(-c3c4ccccc4cc4ccccc34)cccc2[CH]1[Zr+2]1([CH]2C(CC(C)C)=Cc3c(-c4c5ccccc5cc5ccccc45)cccc32)[CH]2CCCC[CH]21.[Cl-].[Cl-]. The minimum absolute atomic E-state index is 0. The average molecular weight is 939 g/mol. The van der Waals surface area contributed by atoms with E-state index >= 15 is 0 Å². The van der Waals surface area contributed by atoms with Gasteiger partial charge in [0.15, 0.2) is 0 Å². The van der Waals surface area contributed by atoms with Crippen LogP contribution in [-0.2, 0) is 20.3 Å². The second kappa shape index (κ2) is 16.6. The molecule has 314 valence electrons. The van der Waals surface area contributed by atoms with Gasteiger partial charge in [-0.1, -0.05) is 0 Å². The van der Waals surface area contributed by atoms with E-state index in [4.69, 9.17) is 0 Å². The van der Waals surface area contributed by atoms with Crippen LogP contribution >= 0.6 is 0 Å². The van der Waals surface area contributed by atoms with Gasteiger partial charge in [-0.3, -0.25) is 0 Å². The first-order valence-corrected chi connectivity index (χ1v) is 29.1. The van der Waals surface area contributed by atoms with Crippen LogP contribution in [-0.4, -0.2) is 0 Å². The Bertz CT molecular complexity index is 2830. The monoisotopic (exact) mass is 936 g/mol. The van der Waals surface area contributed by atoms with E-state index in [-0.39, 0.29) is 24.8 Å². The van der Waals surface area contributed by atoms with Gasteiger partial charge < -0.3 is 24.8 Å². The fraction of sp³-hybridized carbons (Fsp3) is 0.267. The van der Waals surface area contributed by atoms with Crippen molar-refractivity contribution in [2.45, 2.75) is 80.7 Å². The van der Waals surface area contributed by atoms with Crippen molar-refractivity contribution in [1.82, 2.24) is 0 Å². The van der Waals surface area contributed by atoms with Crippen molar-refractivity contribution >= 4 is 55.2 Å². The predicted molar refractivity (Wildman–Crippen MR) is 260 cm³/mol. The van der Waals surface area contributed by atoms with E-state index in [1.165, 1.54) is 115 Å². The van der Waals surface area contributed by atoms with Crippen molar-refractivity contribution < 1.29 is 45.1 Å². The first kappa shape index (κ1) is 42.7. The van der Waals surface area contributed by atoms with Gasteiger partial charge in [-0.15, -0.1) is 0 Å². The van der Waals surface area contributed by atoms with Gasteiger partial charge in [-0.05, 0) is 0 Å². The largest absolute Gasteiger partial charge is 1.00 e. The second-order valence-corrected chi connectivity index (χ2v) is 31.4. The Balaban J connectivity index is 0.00000236. The molecule has 1 aliphatic heterocycles. The smallest absolute Gasteiger partial charge is 1.00 e. The summed E-state index contributed by atoms with van der Waals surface area (Å²) in [4.78, 5) is 0. The summed E-state index contributed by atoms with van der Waals surface area (Å²) in [6, 6.07) is 56.4. The van der Waals surface area contributed by atoms with E-state index in [1.807, 2.05) is 0 Å². The number of hydrogen-bond donors (Lipinski definition) is 0. The fourth-order valence-electron chi connectivity index (χ4n) is 13.7. The average Bonchev–Trinajstić information content (AvgIpc) is 3.54. The Kier molecular flexibility index (Phi) is 11.3. The van der Waals surface area contributed by atoms with Gasteiger partial charge in [0.05, 0.1) is 0 Å². The number of benzene rings is 8. The van der Waals surface area contributed by atoms with Crippen molar-refractivity contribution in [2.75, 3.05) is 0 Å². The number of halogens is 2. The van der Waals surface area contributed by atoms with Gasteiger partial charge in [-0.2, -0.15) is 0 Å². The van der Waals surface area contributed by atoms with Crippen LogP contribution in [0.4, 0.5) is 0 Å². The maximum atomic E-state index is 2.77. The zero-order valence-electron chi connectivity index (χ0n) is 37.0. The molecule has 1 heterocycles. The number of allylic oxidation sites excluding steroid dienone is 2. The summed E-state index contributed by atoms with van der Waals surface area (Å²) in [5.41, 5.74) is 15.7. The van der Waals surface area contributed by atoms with Crippen LogP contribution in [0.2, 0.25) is 7.25 Å². The van der Waals surface area contributed by atoms with Crippen molar-refractivity contribution in [3.05, 3.63) is 179 Å². The van der Waals surface area contributed by atoms with Crippen molar-refractivity contribution in [3.8, 4) is 22.3 Å². The normalized spacial score (nSPS) is 21.1. The Morgan fingerprint density at radius 2 is 0.794 bits per heavy atom. The molecular weight excluding hydrogens is 883 g/mol. The Morgan fingerprint density at radius 1 is 0.444 bits per heavy atom. The molecule has 3 heteroatoms.